The van der Waals surface area contributed by atoms with Crippen molar-refractivity contribution in [3.63, 3.8) is 0 Å². The SMILES string of the molecule is CC(=O)Nc1cccc(-n2nnnc2SC(C)C(=O)NC(C)C)c1. The second kappa shape index (κ2) is 7.91. The normalized spacial score (nSPS) is 12.0. The largest absolute Gasteiger partial charge is 0.353 e. The van der Waals surface area contributed by atoms with Gasteiger partial charge in [-0.3, -0.25) is 9.59 Å². The van der Waals surface area contributed by atoms with Gasteiger partial charge in [0.05, 0.1) is 10.9 Å². The van der Waals surface area contributed by atoms with Crippen LogP contribution in [0.5, 0.6) is 0 Å². The lowest BCUT2D eigenvalue weighted by Gasteiger charge is -2.14. The van der Waals surface area contributed by atoms with E-state index in [1.165, 1.54) is 23.4 Å². The van der Waals surface area contributed by atoms with Gasteiger partial charge in [-0.25, -0.2) is 0 Å². The van der Waals surface area contributed by atoms with Gasteiger partial charge in [-0.05, 0) is 49.4 Å². The Balaban J connectivity index is 2.18. The van der Waals surface area contributed by atoms with Crippen LogP contribution in [0.2, 0.25) is 0 Å². The van der Waals surface area contributed by atoms with Gasteiger partial charge >= 0.3 is 0 Å². The summed E-state index contributed by atoms with van der Waals surface area (Å²) in [5.74, 6) is -0.228. The van der Waals surface area contributed by atoms with Crippen molar-refractivity contribution in [1.29, 1.82) is 0 Å². The highest BCUT2D eigenvalue weighted by molar-refractivity contribution is 8.00. The molecular formula is C15H20N6O2S. The van der Waals surface area contributed by atoms with Gasteiger partial charge in [0.15, 0.2) is 0 Å². The van der Waals surface area contributed by atoms with Crippen LogP contribution in [0, 0.1) is 0 Å². The van der Waals surface area contributed by atoms with E-state index in [2.05, 4.69) is 26.2 Å². The van der Waals surface area contributed by atoms with Crippen LogP contribution in [-0.2, 0) is 9.59 Å². The molecule has 0 radical (unpaired) electrons. The van der Waals surface area contributed by atoms with E-state index in [0.717, 1.165) is 0 Å². The third kappa shape index (κ3) is 4.79. The molecule has 2 N–H and O–H groups in total. The van der Waals surface area contributed by atoms with Gasteiger partial charge < -0.3 is 10.6 Å². The molecule has 128 valence electrons. The maximum Gasteiger partial charge on any atom is 0.233 e. The average Bonchev–Trinajstić information content (AvgIpc) is 2.94. The second-order valence-corrected chi connectivity index (χ2v) is 6.84. The molecular weight excluding hydrogens is 328 g/mol. The number of rotatable bonds is 6. The Bertz CT molecular complexity index is 730. The van der Waals surface area contributed by atoms with Crippen LogP contribution in [-0.4, -0.2) is 43.3 Å². The highest BCUT2D eigenvalue weighted by Crippen LogP contribution is 2.24. The summed E-state index contributed by atoms with van der Waals surface area (Å²) in [6, 6.07) is 7.24. The molecule has 1 atom stereocenters. The first-order chi connectivity index (χ1) is 11.4. The molecule has 2 rings (SSSR count). The molecule has 1 heterocycles. The van der Waals surface area contributed by atoms with Gasteiger partial charge in [0.1, 0.15) is 0 Å². The number of aromatic nitrogens is 4. The summed E-state index contributed by atoms with van der Waals surface area (Å²) in [7, 11) is 0. The zero-order valence-electron chi connectivity index (χ0n) is 14.0. The van der Waals surface area contributed by atoms with Crippen molar-refractivity contribution in [2.45, 2.75) is 44.1 Å². The standard InChI is InChI=1S/C15H20N6O2S/c1-9(2)16-14(23)10(3)24-15-18-19-20-21(15)13-7-5-6-12(8-13)17-11(4)22/h5-10H,1-4H3,(H,16,23)(H,17,22). The number of amides is 2. The predicted octanol–water partition coefficient (Wildman–Crippen LogP) is 1.63. The summed E-state index contributed by atoms with van der Waals surface area (Å²) in [5, 5.41) is 17.4. The summed E-state index contributed by atoms with van der Waals surface area (Å²) in [5.41, 5.74) is 1.35. The summed E-state index contributed by atoms with van der Waals surface area (Å²) in [6.07, 6.45) is 0. The Morgan fingerprint density at radius 1 is 1.25 bits per heavy atom. The molecule has 1 unspecified atom stereocenters. The number of anilines is 1. The van der Waals surface area contributed by atoms with Gasteiger partial charge in [-0.15, -0.1) is 5.10 Å². The molecule has 8 nitrogen and oxygen atoms in total. The van der Waals surface area contributed by atoms with Crippen LogP contribution in [0.3, 0.4) is 0 Å². The van der Waals surface area contributed by atoms with Gasteiger partial charge in [0, 0.05) is 18.7 Å². The molecule has 2 aromatic rings. The van der Waals surface area contributed by atoms with Gasteiger partial charge in [0.2, 0.25) is 17.0 Å². The topological polar surface area (TPSA) is 102 Å². The molecule has 0 saturated heterocycles. The summed E-state index contributed by atoms with van der Waals surface area (Å²) < 4.78 is 1.54. The van der Waals surface area contributed by atoms with Crippen LogP contribution in [0.1, 0.15) is 27.7 Å². The van der Waals surface area contributed by atoms with Crippen molar-refractivity contribution in [1.82, 2.24) is 25.5 Å². The maximum absolute atomic E-state index is 12.0. The smallest absolute Gasteiger partial charge is 0.233 e. The van der Waals surface area contributed by atoms with Crippen molar-refractivity contribution in [3.8, 4) is 5.69 Å². The molecule has 1 aromatic heterocycles. The van der Waals surface area contributed by atoms with E-state index in [1.54, 1.807) is 25.1 Å². The van der Waals surface area contributed by atoms with Gasteiger partial charge in [0.25, 0.3) is 0 Å². The molecule has 0 aliphatic carbocycles. The minimum Gasteiger partial charge on any atom is -0.353 e. The predicted molar refractivity (Wildman–Crippen MR) is 92.1 cm³/mol. The molecule has 0 saturated carbocycles. The third-order valence-corrected chi connectivity index (χ3v) is 3.97. The number of nitrogens with one attached hydrogen (secondary N) is 2. The van der Waals surface area contributed by atoms with Gasteiger partial charge in [-0.2, -0.15) is 4.68 Å². The Labute approximate surface area is 144 Å². The van der Waals surface area contributed by atoms with E-state index in [9.17, 15) is 9.59 Å². The molecule has 0 bridgehead atoms. The third-order valence-electron chi connectivity index (χ3n) is 2.93. The van der Waals surface area contributed by atoms with Crippen LogP contribution in [0.15, 0.2) is 29.4 Å². The molecule has 0 aliphatic rings. The fourth-order valence-electron chi connectivity index (χ4n) is 1.95. The van der Waals surface area contributed by atoms with Crippen LogP contribution in [0.4, 0.5) is 5.69 Å². The molecule has 9 heteroatoms. The first kappa shape index (κ1) is 17.9. The first-order valence-electron chi connectivity index (χ1n) is 7.50. The van der Waals surface area contributed by atoms with E-state index >= 15 is 0 Å². The van der Waals surface area contributed by atoms with E-state index in [4.69, 9.17) is 0 Å². The fourth-order valence-corrected chi connectivity index (χ4v) is 2.76. The van der Waals surface area contributed by atoms with E-state index in [0.29, 0.717) is 16.5 Å². The fraction of sp³-hybridized carbons (Fsp3) is 0.400. The number of carbonyl (C=O) groups excluding carboxylic acids is 2. The Morgan fingerprint density at radius 2 is 2.00 bits per heavy atom. The number of hydrogen-bond acceptors (Lipinski definition) is 6. The lowest BCUT2D eigenvalue weighted by Crippen LogP contribution is -2.36. The number of nitrogens with zero attached hydrogens (tertiary/aromatic N) is 4. The van der Waals surface area contributed by atoms with Gasteiger partial charge in [-0.1, -0.05) is 17.8 Å². The number of thioether (sulfide) groups is 1. The van der Waals surface area contributed by atoms with Crippen molar-refractivity contribution < 1.29 is 9.59 Å². The van der Waals surface area contributed by atoms with Crippen LogP contribution >= 0.6 is 11.8 Å². The number of hydrogen-bond donors (Lipinski definition) is 2. The van der Waals surface area contributed by atoms with E-state index in [1.807, 2.05) is 19.9 Å². The first-order valence-corrected chi connectivity index (χ1v) is 8.38. The maximum atomic E-state index is 12.0. The van der Waals surface area contributed by atoms with Crippen LogP contribution < -0.4 is 10.6 Å². The highest BCUT2D eigenvalue weighted by atomic mass is 32.2. The lowest BCUT2D eigenvalue weighted by molar-refractivity contribution is -0.120. The molecule has 0 aliphatic heterocycles. The molecule has 0 fully saturated rings. The molecule has 24 heavy (non-hydrogen) atoms. The van der Waals surface area contributed by atoms with Crippen molar-refractivity contribution >= 4 is 29.3 Å². The molecule has 2 amide bonds. The quantitative estimate of drug-likeness (QED) is 0.769. The molecule has 1 aromatic carbocycles. The van der Waals surface area contributed by atoms with Crippen molar-refractivity contribution in [2.75, 3.05) is 5.32 Å². The molecule has 0 spiro atoms. The number of carbonyl (C=O) groups is 2. The van der Waals surface area contributed by atoms with Crippen molar-refractivity contribution in [3.05, 3.63) is 24.3 Å². The average molecular weight is 348 g/mol. The van der Waals surface area contributed by atoms with E-state index < -0.39 is 0 Å². The number of tetrazole rings is 1. The summed E-state index contributed by atoms with van der Waals surface area (Å²) in [6.45, 7) is 7.06. The van der Waals surface area contributed by atoms with Crippen molar-refractivity contribution in [2.24, 2.45) is 0 Å². The van der Waals surface area contributed by atoms with E-state index in [-0.39, 0.29) is 23.1 Å². The Morgan fingerprint density at radius 3 is 2.67 bits per heavy atom. The Hall–Kier alpha value is -2.42. The Kier molecular flexibility index (Phi) is 5.91. The zero-order valence-corrected chi connectivity index (χ0v) is 14.8. The number of benzene rings is 1. The summed E-state index contributed by atoms with van der Waals surface area (Å²) in [4.78, 5) is 23.2. The summed E-state index contributed by atoms with van der Waals surface area (Å²) >= 11 is 1.27. The lowest BCUT2D eigenvalue weighted by atomic mass is 10.3. The highest BCUT2D eigenvalue weighted by Gasteiger charge is 2.19. The minimum atomic E-state index is -0.337. The second-order valence-electron chi connectivity index (χ2n) is 5.53. The monoisotopic (exact) mass is 348 g/mol. The zero-order chi connectivity index (χ0) is 17.7. The minimum absolute atomic E-state index is 0.0726. The van der Waals surface area contributed by atoms with Crippen LogP contribution in [0.25, 0.3) is 5.69 Å².